The molecular formula is C57H39NO2. The second-order valence-corrected chi connectivity index (χ2v) is 16.5. The van der Waals surface area contributed by atoms with E-state index in [2.05, 4.69) is 219 Å². The van der Waals surface area contributed by atoms with Crippen molar-refractivity contribution < 1.29 is 8.83 Å². The molecule has 0 unspecified atom stereocenters. The Kier molecular flexibility index (Phi) is 7.58. The number of para-hydroxylation sites is 1. The average Bonchev–Trinajstić information content (AvgIpc) is 3.92. The molecule has 9 aromatic carbocycles. The maximum absolute atomic E-state index is 6.84. The summed E-state index contributed by atoms with van der Waals surface area (Å²) in [5.74, 6) is 0. The van der Waals surface area contributed by atoms with Gasteiger partial charge < -0.3 is 13.7 Å². The number of nitrogens with zero attached hydrogens (tertiary/aromatic N) is 1. The number of fused-ring (bicyclic) bond motifs is 9. The molecule has 284 valence electrons. The Morgan fingerprint density at radius 2 is 0.900 bits per heavy atom. The van der Waals surface area contributed by atoms with Crippen LogP contribution in [0.3, 0.4) is 0 Å². The first-order chi connectivity index (χ1) is 29.5. The number of hydrogen-bond donors (Lipinski definition) is 0. The summed E-state index contributed by atoms with van der Waals surface area (Å²) < 4.78 is 13.4. The number of hydrogen-bond acceptors (Lipinski definition) is 3. The van der Waals surface area contributed by atoms with Crippen LogP contribution in [0.2, 0.25) is 0 Å². The zero-order chi connectivity index (χ0) is 40.0. The molecule has 0 fully saturated rings. The fraction of sp³-hybridized carbons (Fsp3) is 0.0526. The number of anilines is 3. The highest BCUT2D eigenvalue weighted by Crippen LogP contribution is 2.52. The highest BCUT2D eigenvalue weighted by molar-refractivity contribution is 6.18. The van der Waals surface area contributed by atoms with E-state index in [1.165, 1.54) is 33.4 Å². The Hall–Kier alpha value is -7.62. The molecule has 2 heterocycles. The number of furan rings is 2. The number of benzene rings is 9. The zero-order valence-electron chi connectivity index (χ0n) is 33.3. The Morgan fingerprint density at radius 1 is 0.350 bits per heavy atom. The van der Waals surface area contributed by atoms with Gasteiger partial charge in [-0.2, -0.15) is 0 Å². The van der Waals surface area contributed by atoms with Crippen molar-refractivity contribution in [1.82, 2.24) is 0 Å². The third-order valence-electron chi connectivity index (χ3n) is 12.7. The van der Waals surface area contributed by atoms with Crippen LogP contribution in [0.15, 0.2) is 209 Å². The van der Waals surface area contributed by atoms with Crippen molar-refractivity contribution >= 4 is 60.9 Å². The Morgan fingerprint density at radius 3 is 1.72 bits per heavy atom. The summed E-state index contributed by atoms with van der Waals surface area (Å²) >= 11 is 0. The van der Waals surface area contributed by atoms with E-state index in [4.69, 9.17) is 8.83 Å². The van der Waals surface area contributed by atoms with Crippen LogP contribution in [0.1, 0.15) is 25.0 Å². The van der Waals surface area contributed by atoms with E-state index < -0.39 is 0 Å². The molecule has 0 aliphatic heterocycles. The molecule has 0 radical (unpaired) electrons. The van der Waals surface area contributed by atoms with E-state index in [0.29, 0.717) is 0 Å². The topological polar surface area (TPSA) is 29.5 Å². The lowest BCUT2D eigenvalue weighted by Gasteiger charge is -2.29. The Balaban J connectivity index is 1.03. The SMILES string of the molecule is CC1(C)c2ccccc2-c2ccc(N(c3ccc4c(c3)oc3cc5c(cc34)oc3cccc(-c4ccccc4)c35)c3ccccc3-c3ccc(-c4ccccc4)cc3)cc21. The molecule has 1 aliphatic carbocycles. The van der Waals surface area contributed by atoms with Gasteiger partial charge in [0, 0.05) is 50.0 Å². The molecule has 1 aliphatic rings. The van der Waals surface area contributed by atoms with Crippen molar-refractivity contribution in [3.63, 3.8) is 0 Å². The van der Waals surface area contributed by atoms with Crippen LogP contribution >= 0.6 is 0 Å². The first-order valence-electron chi connectivity index (χ1n) is 20.7. The average molecular weight is 770 g/mol. The fourth-order valence-electron chi connectivity index (χ4n) is 9.73. The molecule has 0 saturated carbocycles. The van der Waals surface area contributed by atoms with Gasteiger partial charge in [-0.15, -0.1) is 0 Å². The maximum Gasteiger partial charge on any atom is 0.137 e. The highest BCUT2D eigenvalue weighted by Gasteiger charge is 2.36. The summed E-state index contributed by atoms with van der Waals surface area (Å²) in [6, 6.07) is 71.8. The summed E-state index contributed by atoms with van der Waals surface area (Å²) in [6.07, 6.45) is 0. The third-order valence-corrected chi connectivity index (χ3v) is 12.7. The molecule has 11 aromatic rings. The number of rotatable bonds is 6. The molecule has 0 amide bonds. The van der Waals surface area contributed by atoms with Crippen molar-refractivity contribution in [3.05, 3.63) is 211 Å². The molecular weight excluding hydrogens is 731 g/mol. The summed E-state index contributed by atoms with van der Waals surface area (Å²) in [6.45, 7) is 4.69. The maximum atomic E-state index is 6.84. The standard InChI is InChI=1S/C57H39NO2/c1-57(2)49-21-11-9-19-44(49)45-30-28-40(32-50(45)57)58(51-22-12-10-18-42(51)39-26-24-37(25-27-39)36-14-5-3-6-15-36)41-29-31-46-47-34-55-48(35-54(47)60-53(46)33-41)56-43(20-13-23-52(56)59-55)38-16-7-4-8-17-38/h3-35H,1-2H3. The lowest BCUT2D eigenvalue weighted by atomic mass is 9.82. The van der Waals surface area contributed by atoms with Gasteiger partial charge in [0.2, 0.25) is 0 Å². The van der Waals surface area contributed by atoms with Crippen LogP contribution in [0.25, 0.3) is 88.4 Å². The van der Waals surface area contributed by atoms with Crippen LogP contribution in [-0.4, -0.2) is 0 Å². The minimum absolute atomic E-state index is 0.148. The van der Waals surface area contributed by atoms with Gasteiger partial charge in [0.25, 0.3) is 0 Å². The lowest BCUT2D eigenvalue weighted by molar-refractivity contribution is 0.660. The molecule has 12 rings (SSSR count). The van der Waals surface area contributed by atoms with Crippen LogP contribution in [0, 0.1) is 0 Å². The van der Waals surface area contributed by atoms with Crippen LogP contribution in [-0.2, 0) is 5.41 Å². The summed E-state index contributed by atoms with van der Waals surface area (Å²) in [5, 5.41) is 4.23. The predicted octanol–water partition coefficient (Wildman–Crippen LogP) is 16.3. The van der Waals surface area contributed by atoms with E-state index in [9.17, 15) is 0 Å². The van der Waals surface area contributed by atoms with Gasteiger partial charge in [0.1, 0.15) is 22.3 Å². The molecule has 0 bridgehead atoms. The van der Waals surface area contributed by atoms with Gasteiger partial charge in [-0.1, -0.05) is 159 Å². The van der Waals surface area contributed by atoms with Crippen molar-refractivity contribution in [2.24, 2.45) is 0 Å². The quantitative estimate of drug-likeness (QED) is 0.169. The van der Waals surface area contributed by atoms with Crippen LogP contribution < -0.4 is 4.90 Å². The lowest BCUT2D eigenvalue weighted by Crippen LogP contribution is -2.16. The van der Waals surface area contributed by atoms with Gasteiger partial charge in [0.15, 0.2) is 0 Å². The van der Waals surface area contributed by atoms with Gasteiger partial charge in [0.05, 0.1) is 5.69 Å². The molecule has 3 nitrogen and oxygen atoms in total. The Bertz CT molecular complexity index is 3450. The molecule has 3 heteroatoms. The molecule has 0 saturated heterocycles. The third kappa shape index (κ3) is 5.29. The van der Waals surface area contributed by atoms with Crippen molar-refractivity contribution in [2.75, 3.05) is 4.90 Å². The second kappa shape index (κ2) is 13.2. The van der Waals surface area contributed by atoms with E-state index in [-0.39, 0.29) is 5.41 Å². The fourth-order valence-corrected chi connectivity index (χ4v) is 9.73. The molecule has 0 spiro atoms. The van der Waals surface area contributed by atoms with Crippen LogP contribution in [0.4, 0.5) is 17.1 Å². The van der Waals surface area contributed by atoms with Gasteiger partial charge in [-0.05, 0) is 98.6 Å². The van der Waals surface area contributed by atoms with Gasteiger partial charge in [-0.25, -0.2) is 0 Å². The van der Waals surface area contributed by atoms with Gasteiger partial charge in [-0.3, -0.25) is 0 Å². The second-order valence-electron chi connectivity index (χ2n) is 16.5. The molecule has 2 aromatic heterocycles. The van der Waals surface area contributed by atoms with E-state index >= 15 is 0 Å². The summed E-state index contributed by atoms with van der Waals surface area (Å²) in [5.41, 5.74) is 18.7. The van der Waals surface area contributed by atoms with Crippen LogP contribution in [0.5, 0.6) is 0 Å². The van der Waals surface area contributed by atoms with E-state index in [0.717, 1.165) is 83.2 Å². The smallest absolute Gasteiger partial charge is 0.137 e. The minimum Gasteiger partial charge on any atom is -0.456 e. The van der Waals surface area contributed by atoms with Crippen molar-refractivity contribution in [3.8, 4) is 44.5 Å². The molecule has 60 heavy (non-hydrogen) atoms. The van der Waals surface area contributed by atoms with Gasteiger partial charge >= 0.3 is 0 Å². The van der Waals surface area contributed by atoms with Crippen molar-refractivity contribution in [2.45, 2.75) is 19.3 Å². The largest absolute Gasteiger partial charge is 0.456 e. The Labute approximate surface area is 348 Å². The zero-order valence-corrected chi connectivity index (χ0v) is 33.3. The monoisotopic (exact) mass is 769 g/mol. The summed E-state index contributed by atoms with van der Waals surface area (Å²) in [7, 11) is 0. The minimum atomic E-state index is -0.148. The molecule has 0 N–H and O–H groups in total. The predicted molar refractivity (Wildman–Crippen MR) is 250 cm³/mol. The summed E-state index contributed by atoms with van der Waals surface area (Å²) in [4.78, 5) is 2.40. The first-order valence-corrected chi connectivity index (χ1v) is 20.7. The highest BCUT2D eigenvalue weighted by atomic mass is 16.3. The van der Waals surface area contributed by atoms with E-state index in [1.807, 2.05) is 0 Å². The first kappa shape index (κ1) is 34.4. The van der Waals surface area contributed by atoms with Crippen molar-refractivity contribution in [1.29, 1.82) is 0 Å². The van der Waals surface area contributed by atoms with E-state index in [1.54, 1.807) is 0 Å². The molecule has 0 atom stereocenters. The normalized spacial score (nSPS) is 13.0.